The molecule has 0 amide bonds. The van der Waals surface area contributed by atoms with E-state index in [1.807, 2.05) is 0 Å². The average molecular weight is 795 g/mol. The van der Waals surface area contributed by atoms with Gasteiger partial charge in [0.15, 0.2) is 0 Å². The van der Waals surface area contributed by atoms with E-state index in [-0.39, 0.29) is 0 Å². The van der Waals surface area contributed by atoms with Crippen molar-refractivity contribution in [3.8, 4) is 55.6 Å². The molecule has 0 saturated heterocycles. The predicted molar refractivity (Wildman–Crippen MR) is 267 cm³/mol. The highest BCUT2D eigenvalue weighted by atomic mass is 14.5. The number of hydrogen-bond donors (Lipinski definition) is 0. The maximum Gasteiger partial charge on any atom is 0.0731 e. The van der Waals surface area contributed by atoms with E-state index in [1.54, 1.807) is 0 Å². The second-order valence-electron chi connectivity index (χ2n) is 17.4. The first kappa shape index (κ1) is 34.6. The SMILES string of the molecule is c1ccc2c(c1)-c1ccccc1C21c2ccc3ccccc3c2-c2ccc3cc(-c4ccc(-c5c6ccccc6c(-c6cccc7ccccc67)c6ccccc56)cc4)ccc3c21. The Labute approximate surface area is 366 Å². The van der Waals surface area contributed by atoms with E-state index in [9.17, 15) is 0 Å². The van der Waals surface area contributed by atoms with Crippen LogP contribution in [0.3, 0.4) is 0 Å². The van der Waals surface area contributed by atoms with E-state index in [1.165, 1.54) is 132 Å². The summed E-state index contributed by atoms with van der Waals surface area (Å²) in [5.41, 5.74) is 18.0. The number of benzene rings is 12. The Morgan fingerprint density at radius 1 is 0.222 bits per heavy atom. The van der Waals surface area contributed by atoms with E-state index in [0.717, 1.165) is 0 Å². The third-order valence-corrected chi connectivity index (χ3v) is 14.4. The van der Waals surface area contributed by atoms with E-state index in [4.69, 9.17) is 0 Å². The second kappa shape index (κ2) is 13.0. The minimum atomic E-state index is -0.417. The van der Waals surface area contributed by atoms with Crippen LogP contribution in [0.25, 0.3) is 109 Å². The lowest BCUT2D eigenvalue weighted by Gasteiger charge is -2.31. The lowest BCUT2D eigenvalue weighted by Crippen LogP contribution is -2.26. The lowest BCUT2D eigenvalue weighted by molar-refractivity contribution is 0.802. The fourth-order valence-electron chi connectivity index (χ4n) is 11.9. The Bertz CT molecular complexity index is 3790. The summed E-state index contributed by atoms with van der Waals surface area (Å²) in [4.78, 5) is 0. The third kappa shape index (κ3) is 4.65. The van der Waals surface area contributed by atoms with Crippen molar-refractivity contribution in [2.24, 2.45) is 0 Å². The van der Waals surface area contributed by atoms with Gasteiger partial charge in [0, 0.05) is 0 Å². The molecule has 14 rings (SSSR count). The first-order chi connectivity index (χ1) is 31.3. The Morgan fingerprint density at radius 2 is 0.714 bits per heavy atom. The molecule has 0 fully saturated rings. The molecular weight excluding hydrogens is 757 g/mol. The summed E-state index contributed by atoms with van der Waals surface area (Å²) in [6.45, 7) is 0. The standard InChI is InChI=1S/C63H38/c1-3-17-45-40(14-1)16-13-25-50(45)60-53-23-7-5-21-51(53)59(52-22-6-8-24-54(52)60)42-30-28-39(29-31-42)43-32-35-47-44(38-43)33-36-55-61-46-18-4-2-15-41(46)34-37-58(61)63(62(47)55)56-26-11-9-19-48(56)49-20-10-12-27-57(49)63/h1-38H. The van der Waals surface area contributed by atoms with Gasteiger partial charge < -0.3 is 0 Å². The minimum Gasteiger partial charge on any atom is -0.0619 e. The Balaban J connectivity index is 0.942. The van der Waals surface area contributed by atoms with Crippen molar-refractivity contribution < 1.29 is 0 Å². The van der Waals surface area contributed by atoms with E-state index in [2.05, 4.69) is 231 Å². The number of rotatable bonds is 3. The average Bonchev–Trinajstić information content (AvgIpc) is 3.83. The lowest BCUT2D eigenvalue weighted by atomic mass is 9.69. The smallest absolute Gasteiger partial charge is 0.0619 e. The fraction of sp³-hybridized carbons (Fsp3) is 0.0159. The first-order valence-electron chi connectivity index (χ1n) is 22.1. The molecule has 0 saturated carbocycles. The summed E-state index contributed by atoms with van der Waals surface area (Å²) in [6, 6.07) is 86.5. The van der Waals surface area contributed by atoms with Crippen LogP contribution >= 0.6 is 0 Å². The van der Waals surface area contributed by atoms with Crippen LogP contribution in [-0.2, 0) is 5.41 Å². The zero-order valence-electron chi connectivity index (χ0n) is 34.4. The Morgan fingerprint density at radius 3 is 1.40 bits per heavy atom. The molecule has 0 bridgehead atoms. The van der Waals surface area contributed by atoms with Crippen LogP contribution in [0.15, 0.2) is 231 Å². The molecule has 0 atom stereocenters. The molecule has 63 heavy (non-hydrogen) atoms. The molecule has 0 nitrogen and oxygen atoms in total. The van der Waals surface area contributed by atoms with Crippen LogP contribution < -0.4 is 0 Å². The molecule has 290 valence electrons. The summed E-state index contributed by atoms with van der Waals surface area (Å²) < 4.78 is 0. The highest BCUT2D eigenvalue weighted by Crippen LogP contribution is 2.65. The van der Waals surface area contributed by atoms with Gasteiger partial charge in [0.2, 0.25) is 0 Å². The first-order valence-corrected chi connectivity index (χ1v) is 22.1. The van der Waals surface area contributed by atoms with Crippen LogP contribution in [0.4, 0.5) is 0 Å². The molecule has 2 aliphatic rings. The van der Waals surface area contributed by atoms with Crippen molar-refractivity contribution in [1.82, 2.24) is 0 Å². The largest absolute Gasteiger partial charge is 0.0731 e. The van der Waals surface area contributed by atoms with Crippen molar-refractivity contribution in [3.63, 3.8) is 0 Å². The van der Waals surface area contributed by atoms with Crippen molar-refractivity contribution in [1.29, 1.82) is 0 Å². The number of fused-ring (bicyclic) bond motifs is 17. The zero-order valence-corrected chi connectivity index (χ0v) is 34.4. The van der Waals surface area contributed by atoms with Crippen LogP contribution in [0.2, 0.25) is 0 Å². The van der Waals surface area contributed by atoms with Gasteiger partial charge in [-0.3, -0.25) is 0 Å². The molecule has 0 N–H and O–H groups in total. The summed E-state index contributed by atoms with van der Waals surface area (Å²) >= 11 is 0. The number of hydrogen-bond acceptors (Lipinski definition) is 0. The molecule has 0 heterocycles. The highest BCUT2D eigenvalue weighted by molar-refractivity contribution is 6.23. The highest BCUT2D eigenvalue weighted by Gasteiger charge is 2.52. The molecule has 0 aliphatic heterocycles. The van der Waals surface area contributed by atoms with Crippen molar-refractivity contribution in [3.05, 3.63) is 253 Å². The Kier molecular flexibility index (Phi) is 7.13. The Hall–Kier alpha value is -8.06. The van der Waals surface area contributed by atoms with Gasteiger partial charge in [-0.15, -0.1) is 0 Å². The van der Waals surface area contributed by atoms with Gasteiger partial charge in [0.05, 0.1) is 5.41 Å². The van der Waals surface area contributed by atoms with Crippen molar-refractivity contribution in [2.75, 3.05) is 0 Å². The van der Waals surface area contributed by atoms with Gasteiger partial charge in [0.1, 0.15) is 0 Å². The third-order valence-electron chi connectivity index (χ3n) is 14.4. The van der Waals surface area contributed by atoms with Gasteiger partial charge in [-0.2, -0.15) is 0 Å². The van der Waals surface area contributed by atoms with Crippen LogP contribution in [-0.4, -0.2) is 0 Å². The van der Waals surface area contributed by atoms with E-state index in [0.29, 0.717) is 0 Å². The molecule has 12 aromatic rings. The molecule has 12 aromatic carbocycles. The maximum absolute atomic E-state index is 2.42. The normalized spacial score (nSPS) is 13.2. The van der Waals surface area contributed by atoms with Crippen LogP contribution in [0, 0.1) is 0 Å². The molecule has 0 radical (unpaired) electrons. The quantitative estimate of drug-likeness (QED) is 0.156. The summed E-state index contributed by atoms with van der Waals surface area (Å²) in [7, 11) is 0. The zero-order chi connectivity index (χ0) is 41.2. The predicted octanol–water partition coefficient (Wildman–Crippen LogP) is 16.8. The summed E-state index contributed by atoms with van der Waals surface area (Å²) in [5, 5.41) is 12.8. The van der Waals surface area contributed by atoms with Crippen molar-refractivity contribution >= 4 is 53.9 Å². The van der Waals surface area contributed by atoms with Gasteiger partial charge in [-0.25, -0.2) is 0 Å². The monoisotopic (exact) mass is 794 g/mol. The molecule has 0 unspecified atom stereocenters. The van der Waals surface area contributed by atoms with Crippen LogP contribution in [0.5, 0.6) is 0 Å². The maximum atomic E-state index is 2.42. The van der Waals surface area contributed by atoms with Crippen molar-refractivity contribution in [2.45, 2.75) is 5.41 Å². The molecule has 0 aromatic heterocycles. The van der Waals surface area contributed by atoms with E-state index >= 15 is 0 Å². The summed E-state index contributed by atoms with van der Waals surface area (Å²) in [6.07, 6.45) is 0. The molecule has 2 aliphatic carbocycles. The van der Waals surface area contributed by atoms with Gasteiger partial charge in [0.25, 0.3) is 0 Å². The molecule has 1 spiro atoms. The van der Waals surface area contributed by atoms with Gasteiger partial charge >= 0.3 is 0 Å². The fourth-order valence-corrected chi connectivity index (χ4v) is 11.9. The molecular formula is C63H38. The van der Waals surface area contributed by atoms with Crippen LogP contribution in [0.1, 0.15) is 22.3 Å². The summed E-state index contributed by atoms with van der Waals surface area (Å²) in [5.74, 6) is 0. The van der Waals surface area contributed by atoms with Gasteiger partial charge in [-0.1, -0.05) is 224 Å². The second-order valence-corrected chi connectivity index (χ2v) is 17.4. The topological polar surface area (TPSA) is 0 Å². The minimum absolute atomic E-state index is 0.417. The molecule has 0 heteroatoms. The van der Waals surface area contributed by atoms with E-state index < -0.39 is 5.41 Å². The van der Waals surface area contributed by atoms with Gasteiger partial charge in [-0.05, 0) is 138 Å².